The highest BCUT2D eigenvalue weighted by atomic mass is 16.4. The van der Waals surface area contributed by atoms with Crippen LogP contribution < -0.4 is 0 Å². The molecule has 0 atom stereocenters. The van der Waals surface area contributed by atoms with Gasteiger partial charge < -0.3 is 5.11 Å². The Labute approximate surface area is 89.3 Å². The lowest BCUT2D eigenvalue weighted by molar-refractivity contribution is -0.153. The normalized spacial score (nSPS) is 26.8. The Balaban J connectivity index is 2.11. The summed E-state index contributed by atoms with van der Waals surface area (Å²) in [5.74, 6) is -0.431. The van der Waals surface area contributed by atoms with Crippen LogP contribution in [0.5, 0.6) is 0 Å². The number of hydrogen-bond acceptors (Lipinski definition) is 3. The summed E-state index contributed by atoms with van der Waals surface area (Å²) in [4.78, 5) is 24.5. The topological polar surface area (TPSA) is 57.6 Å². The maximum atomic E-state index is 11.4. The van der Waals surface area contributed by atoms with Crippen molar-refractivity contribution in [2.75, 3.05) is 13.1 Å². The predicted octanol–water partition coefficient (Wildman–Crippen LogP) is 1.05. The Kier molecular flexibility index (Phi) is 2.78. The molecule has 1 aliphatic heterocycles. The number of rotatable bonds is 2. The van der Waals surface area contributed by atoms with Crippen LogP contribution in [-0.2, 0) is 9.59 Å². The van der Waals surface area contributed by atoms with Crippen molar-refractivity contribution in [3.05, 3.63) is 0 Å². The van der Waals surface area contributed by atoms with Crippen molar-refractivity contribution in [3.8, 4) is 0 Å². The number of likely N-dealkylation sites (tertiary alicyclic amines) is 1. The average Bonchev–Trinajstić information content (AvgIpc) is 2.69. The van der Waals surface area contributed by atoms with Gasteiger partial charge in [-0.3, -0.25) is 14.5 Å². The highest BCUT2D eigenvalue weighted by Crippen LogP contribution is 2.36. The molecule has 15 heavy (non-hydrogen) atoms. The highest BCUT2D eigenvalue weighted by molar-refractivity contribution is 5.82. The van der Waals surface area contributed by atoms with Crippen LogP contribution in [0.3, 0.4) is 0 Å². The van der Waals surface area contributed by atoms with E-state index in [1.54, 1.807) is 0 Å². The first-order valence-electron chi connectivity index (χ1n) is 5.65. The third-order valence-corrected chi connectivity index (χ3v) is 3.76. The van der Waals surface area contributed by atoms with Gasteiger partial charge in [0.05, 0.1) is 0 Å². The van der Waals surface area contributed by atoms with Crippen LogP contribution in [0.1, 0.15) is 38.5 Å². The molecule has 4 nitrogen and oxygen atoms in total. The Morgan fingerprint density at radius 1 is 1.20 bits per heavy atom. The smallest absolute Gasteiger partial charge is 0.324 e. The first-order valence-corrected chi connectivity index (χ1v) is 5.65. The summed E-state index contributed by atoms with van der Waals surface area (Å²) in [5, 5.41) is 9.36. The number of aliphatic carboxylic acids is 1. The first-order chi connectivity index (χ1) is 7.15. The lowest BCUT2D eigenvalue weighted by atomic mass is 9.92. The van der Waals surface area contributed by atoms with Crippen LogP contribution in [0.15, 0.2) is 0 Å². The molecule has 0 unspecified atom stereocenters. The molecule has 0 spiro atoms. The van der Waals surface area contributed by atoms with E-state index in [-0.39, 0.29) is 5.78 Å². The zero-order chi connectivity index (χ0) is 10.9. The summed E-state index contributed by atoms with van der Waals surface area (Å²) in [6.07, 6.45) is 4.53. The summed E-state index contributed by atoms with van der Waals surface area (Å²) in [6.45, 7) is 1.26. The number of piperidine rings is 1. The molecular formula is C11H17NO3. The summed E-state index contributed by atoms with van der Waals surface area (Å²) < 4.78 is 0. The second-order valence-electron chi connectivity index (χ2n) is 4.57. The van der Waals surface area contributed by atoms with Crippen molar-refractivity contribution in [1.29, 1.82) is 0 Å². The van der Waals surface area contributed by atoms with Crippen LogP contribution in [0.2, 0.25) is 0 Å². The van der Waals surface area contributed by atoms with E-state index in [2.05, 4.69) is 0 Å². The Bertz CT molecular complexity index is 272. The second kappa shape index (κ2) is 3.93. The molecule has 0 radical (unpaired) electrons. The standard InChI is InChI=1S/C11H17NO3/c13-9-3-7-12(8-4-9)11(10(14)15)5-1-2-6-11/h1-8H2,(H,14,15). The van der Waals surface area contributed by atoms with Crippen molar-refractivity contribution >= 4 is 11.8 Å². The molecule has 2 rings (SSSR count). The third kappa shape index (κ3) is 1.78. The summed E-state index contributed by atoms with van der Waals surface area (Å²) >= 11 is 0. The van der Waals surface area contributed by atoms with Gasteiger partial charge in [-0.25, -0.2) is 0 Å². The van der Waals surface area contributed by atoms with Gasteiger partial charge in [0.1, 0.15) is 11.3 Å². The maximum Gasteiger partial charge on any atom is 0.324 e. The van der Waals surface area contributed by atoms with Gasteiger partial charge in [-0.2, -0.15) is 0 Å². The minimum absolute atomic E-state index is 0.268. The van der Waals surface area contributed by atoms with Crippen LogP contribution in [0.25, 0.3) is 0 Å². The monoisotopic (exact) mass is 211 g/mol. The van der Waals surface area contributed by atoms with Gasteiger partial charge in [-0.1, -0.05) is 12.8 Å². The molecule has 2 aliphatic rings. The zero-order valence-electron chi connectivity index (χ0n) is 8.87. The fraction of sp³-hybridized carbons (Fsp3) is 0.818. The summed E-state index contributed by atoms with van der Waals surface area (Å²) in [5.41, 5.74) is -0.652. The summed E-state index contributed by atoms with van der Waals surface area (Å²) in [6, 6.07) is 0. The zero-order valence-corrected chi connectivity index (χ0v) is 8.87. The lowest BCUT2D eigenvalue weighted by Gasteiger charge is -2.39. The van der Waals surface area contributed by atoms with Gasteiger partial charge >= 0.3 is 5.97 Å². The number of nitrogens with zero attached hydrogens (tertiary/aromatic N) is 1. The molecule has 84 valence electrons. The second-order valence-corrected chi connectivity index (χ2v) is 4.57. The molecule has 0 aromatic carbocycles. The molecule has 0 aromatic heterocycles. The molecular weight excluding hydrogens is 194 g/mol. The van der Waals surface area contributed by atoms with Crippen LogP contribution >= 0.6 is 0 Å². The van der Waals surface area contributed by atoms with Crippen LogP contribution in [0.4, 0.5) is 0 Å². The number of carbonyl (C=O) groups excluding carboxylic acids is 1. The van der Waals surface area contributed by atoms with Gasteiger partial charge in [0.25, 0.3) is 0 Å². The Morgan fingerprint density at radius 2 is 1.73 bits per heavy atom. The number of carboxylic acids is 1. The van der Waals surface area contributed by atoms with E-state index in [1.165, 1.54) is 0 Å². The molecule has 1 N–H and O–H groups in total. The minimum atomic E-state index is -0.700. The molecule has 1 saturated carbocycles. The number of ketones is 1. The van der Waals surface area contributed by atoms with Crippen molar-refractivity contribution in [3.63, 3.8) is 0 Å². The quantitative estimate of drug-likeness (QED) is 0.741. The van der Waals surface area contributed by atoms with Crippen molar-refractivity contribution < 1.29 is 14.7 Å². The molecule has 1 heterocycles. The number of carbonyl (C=O) groups is 2. The van der Waals surface area contributed by atoms with Gasteiger partial charge in [-0.15, -0.1) is 0 Å². The van der Waals surface area contributed by atoms with E-state index in [0.29, 0.717) is 25.9 Å². The fourth-order valence-electron chi connectivity index (χ4n) is 2.81. The lowest BCUT2D eigenvalue weighted by Crippen LogP contribution is -2.55. The van der Waals surface area contributed by atoms with E-state index in [0.717, 1.165) is 25.7 Å². The third-order valence-electron chi connectivity index (χ3n) is 3.76. The highest BCUT2D eigenvalue weighted by Gasteiger charge is 2.46. The largest absolute Gasteiger partial charge is 0.480 e. The molecule has 0 bridgehead atoms. The predicted molar refractivity (Wildman–Crippen MR) is 54.6 cm³/mol. The van der Waals surface area contributed by atoms with Gasteiger partial charge in [0.2, 0.25) is 0 Å². The number of carboxylic acid groups (broad SMARTS) is 1. The SMILES string of the molecule is O=C1CCN(C2(C(=O)O)CCCC2)CC1. The van der Waals surface area contributed by atoms with Crippen molar-refractivity contribution in [2.45, 2.75) is 44.1 Å². The van der Waals surface area contributed by atoms with E-state index in [1.807, 2.05) is 4.90 Å². The molecule has 4 heteroatoms. The van der Waals surface area contributed by atoms with Gasteiger partial charge in [0, 0.05) is 25.9 Å². The molecule has 0 amide bonds. The first kappa shape index (κ1) is 10.6. The van der Waals surface area contributed by atoms with E-state index in [4.69, 9.17) is 0 Å². The van der Waals surface area contributed by atoms with Crippen molar-refractivity contribution in [1.82, 2.24) is 4.90 Å². The molecule has 2 fully saturated rings. The van der Waals surface area contributed by atoms with Crippen LogP contribution in [-0.4, -0.2) is 40.4 Å². The van der Waals surface area contributed by atoms with Gasteiger partial charge in [-0.05, 0) is 12.8 Å². The Morgan fingerprint density at radius 3 is 2.20 bits per heavy atom. The number of hydrogen-bond donors (Lipinski definition) is 1. The van der Waals surface area contributed by atoms with Gasteiger partial charge in [0.15, 0.2) is 0 Å². The van der Waals surface area contributed by atoms with E-state index >= 15 is 0 Å². The van der Waals surface area contributed by atoms with Crippen LogP contribution in [0, 0.1) is 0 Å². The molecule has 1 aliphatic carbocycles. The van der Waals surface area contributed by atoms with E-state index < -0.39 is 11.5 Å². The maximum absolute atomic E-state index is 11.4. The average molecular weight is 211 g/mol. The van der Waals surface area contributed by atoms with E-state index in [9.17, 15) is 14.7 Å². The summed E-state index contributed by atoms with van der Waals surface area (Å²) in [7, 11) is 0. The number of Topliss-reactive ketones (excluding diaryl/α,β-unsaturated/α-hetero) is 1. The minimum Gasteiger partial charge on any atom is -0.480 e. The molecule has 0 aromatic rings. The fourth-order valence-corrected chi connectivity index (χ4v) is 2.81. The van der Waals surface area contributed by atoms with Crippen molar-refractivity contribution in [2.24, 2.45) is 0 Å². The Hall–Kier alpha value is -0.900. The molecule has 1 saturated heterocycles.